The van der Waals surface area contributed by atoms with Crippen molar-refractivity contribution in [2.24, 2.45) is 5.92 Å². The van der Waals surface area contributed by atoms with E-state index in [1.165, 1.54) is 15.8 Å². The SMILES string of the molecule is CCC(C)[C@@H]1C(=O)N2c3ccccc3[C@@]3(O)C[C@H](n4cnc5ccccc5c4=O)C(=O)N1[C@@H]23. The summed E-state index contributed by atoms with van der Waals surface area (Å²) < 4.78 is 1.32. The molecule has 4 heterocycles. The van der Waals surface area contributed by atoms with Crippen molar-refractivity contribution in [1.29, 1.82) is 0 Å². The Hall–Kier alpha value is -3.52. The first-order valence-electron chi connectivity index (χ1n) is 11.3. The van der Waals surface area contributed by atoms with Crippen LogP contribution in [0.25, 0.3) is 10.9 Å². The number of benzene rings is 2. The fourth-order valence-corrected chi connectivity index (χ4v) is 5.83. The van der Waals surface area contributed by atoms with E-state index in [0.29, 0.717) is 28.6 Å². The van der Waals surface area contributed by atoms with Gasteiger partial charge in [-0.15, -0.1) is 0 Å². The fraction of sp³-hybridized carbons (Fsp3) is 0.360. The lowest BCUT2D eigenvalue weighted by atomic mass is 9.81. The van der Waals surface area contributed by atoms with Crippen LogP contribution in [0.15, 0.2) is 59.7 Å². The van der Waals surface area contributed by atoms with E-state index in [1.54, 1.807) is 35.2 Å². The van der Waals surface area contributed by atoms with Gasteiger partial charge in [0.15, 0.2) is 0 Å². The summed E-state index contributed by atoms with van der Waals surface area (Å²) >= 11 is 0. The number of carbonyl (C=O) groups excluding carboxylic acids is 2. The molecule has 1 N–H and O–H groups in total. The zero-order valence-corrected chi connectivity index (χ0v) is 18.4. The van der Waals surface area contributed by atoms with Crippen LogP contribution >= 0.6 is 0 Å². The molecule has 1 unspecified atom stereocenters. The van der Waals surface area contributed by atoms with Crippen molar-refractivity contribution in [2.75, 3.05) is 4.90 Å². The third-order valence-electron chi connectivity index (χ3n) is 7.61. The van der Waals surface area contributed by atoms with E-state index in [0.717, 1.165) is 0 Å². The third kappa shape index (κ3) is 2.44. The molecule has 2 aromatic carbocycles. The Morgan fingerprint density at radius 3 is 2.61 bits per heavy atom. The van der Waals surface area contributed by atoms with E-state index in [1.807, 2.05) is 32.0 Å². The molecule has 0 aliphatic carbocycles. The molecule has 1 aromatic heterocycles. The number of fused-ring (bicyclic) bond motifs is 4. The van der Waals surface area contributed by atoms with Gasteiger partial charge in [-0.25, -0.2) is 4.98 Å². The summed E-state index contributed by atoms with van der Waals surface area (Å²) in [6, 6.07) is 12.6. The van der Waals surface area contributed by atoms with Gasteiger partial charge in [0.25, 0.3) is 11.5 Å². The zero-order chi connectivity index (χ0) is 23.1. The van der Waals surface area contributed by atoms with Crippen molar-refractivity contribution in [3.05, 3.63) is 70.8 Å². The average Bonchev–Trinajstić information content (AvgIpc) is 3.29. The number of amides is 2. The van der Waals surface area contributed by atoms with Gasteiger partial charge in [-0.2, -0.15) is 0 Å². The predicted octanol–water partition coefficient (Wildman–Crippen LogP) is 2.16. The standard InChI is InChI=1S/C25H24N4O4/c1-3-14(2)20-23(32)28-18-11-7-5-9-16(18)25(33)12-19(22(31)29(20)24(25)28)27-13-26-17-10-6-4-8-15(17)21(27)30/h4-11,13-14,19-20,24,33H,3,12H2,1-2H3/t14?,19-,20+,24+,25-/m0/s1. The van der Waals surface area contributed by atoms with Gasteiger partial charge < -0.3 is 10.0 Å². The largest absolute Gasteiger partial charge is 0.381 e. The smallest absolute Gasteiger partial charge is 0.261 e. The van der Waals surface area contributed by atoms with Crippen LogP contribution in [0.5, 0.6) is 0 Å². The highest BCUT2D eigenvalue weighted by Gasteiger charge is 2.67. The molecule has 8 nitrogen and oxygen atoms in total. The minimum absolute atomic E-state index is 0.0130. The summed E-state index contributed by atoms with van der Waals surface area (Å²) in [5, 5.41) is 12.5. The minimum Gasteiger partial charge on any atom is -0.381 e. The zero-order valence-electron chi connectivity index (χ0n) is 18.4. The molecule has 3 aliphatic rings. The van der Waals surface area contributed by atoms with Crippen LogP contribution in [-0.4, -0.2) is 43.6 Å². The molecule has 0 saturated carbocycles. The maximum atomic E-state index is 13.9. The highest BCUT2D eigenvalue weighted by molar-refractivity contribution is 6.07. The van der Waals surface area contributed by atoms with Gasteiger partial charge >= 0.3 is 0 Å². The minimum atomic E-state index is -1.49. The third-order valence-corrected chi connectivity index (χ3v) is 7.61. The lowest BCUT2D eigenvalue weighted by Crippen LogP contribution is -2.62. The quantitative estimate of drug-likeness (QED) is 0.668. The molecule has 6 rings (SSSR count). The number of carbonyl (C=O) groups is 2. The van der Waals surface area contributed by atoms with Crippen molar-refractivity contribution in [1.82, 2.24) is 14.5 Å². The highest BCUT2D eigenvalue weighted by atomic mass is 16.3. The summed E-state index contributed by atoms with van der Waals surface area (Å²) in [5.41, 5.74) is -0.0453. The second-order valence-electron chi connectivity index (χ2n) is 9.29. The van der Waals surface area contributed by atoms with Crippen LogP contribution in [-0.2, 0) is 15.2 Å². The summed E-state index contributed by atoms with van der Waals surface area (Å²) in [6.07, 6.45) is 1.25. The first kappa shape index (κ1) is 20.1. The van der Waals surface area contributed by atoms with Gasteiger partial charge in [-0.3, -0.25) is 23.9 Å². The number of nitrogens with zero attached hydrogens (tertiary/aromatic N) is 4. The van der Waals surface area contributed by atoms with E-state index >= 15 is 0 Å². The average molecular weight is 444 g/mol. The summed E-state index contributed by atoms with van der Waals surface area (Å²) in [4.78, 5) is 48.4. The van der Waals surface area contributed by atoms with E-state index < -0.39 is 23.9 Å². The predicted molar refractivity (Wildman–Crippen MR) is 121 cm³/mol. The van der Waals surface area contributed by atoms with Crippen LogP contribution in [0.2, 0.25) is 0 Å². The van der Waals surface area contributed by atoms with E-state index in [9.17, 15) is 19.5 Å². The Kier molecular flexibility index (Phi) is 4.11. The molecular formula is C25H24N4O4. The van der Waals surface area contributed by atoms with Gasteiger partial charge in [0.2, 0.25) is 5.91 Å². The van der Waals surface area contributed by atoms with Gasteiger partial charge in [-0.1, -0.05) is 50.6 Å². The van der Waals surface area contributed by atoms with Gasteiger partial charge in [-0.05, 0) is 24.1 Å². The van der Waals surface area contributed by atoms with Crippen molar-refractivity contribution in [2.45, 2.75) is 50.5 Å². The number of hydrogen-bond acceptors (Lipinski definition) is 5. The fourth-order valence-electron chi connectivity index (χ4n) is 5.83. The molecule has 2 saturated heterocycles. The molecule has 3 aliphatic heterocycles. The lowest BCUT2D eigenvalue weighted by Gasteiger charge is -2.45. The molecular weight excluding hydrogens is 420 g/mol. The molecule has 8 heteroatoms. The van der Waals surface area contributed by atoms with Gasteiger partial charge in [0.05, 0.1) is 22.9 Å². The number of para-hydroxylation sites is 2. The number of piperidine rings is 1. The maximum absolute atomic E-state index is 13.9. The summed E-state index contributed by atoms with van der Waals surface area (Å²) in [7, 11) is 0. The topological polar surface area (TPSA) is 95.7 Å². The molecule has 2 fully saturated rings. The number of anilines is 1. The van der Waals surface area contributed by atoms with Crippen molar-refractivity contribution in [3.63, 3.8) is 0 Å². The van der Waals surface area contributed by atoms with Crippen molar-refractivity contribution in [3.8, 4) is 0 Å². The van der Waals surface area contributed by atoms with E-state index in [4.69, 9.17) is 0 Å². The number of hydrogen-bond donors (Lipinski definition) is 1. The molecule has 0 bridgehead atoms. The normalized spacial score (nSPS) is 28.9. The molecule has 3 aromatic rings. The second kappa shape index (κ2) is 6.74. The highest BCUT2D eigenvalue weighted by Crippen LogP contribution is 2.56. The molecule has 168 valence electrons. The van der Waals surface area contributed by atoms with E-state index in [-0.39, 0.29) is 29.7 Å². The second-order valence-corrected chi connectivity index (χ2v) is 9.29. The lowest BCUT2D eigenvalue weighted by molar-refractivity contribution is -0.160. The number of aromatic nitrogens is 2. The van der Waals surface area contributed by atoms with Crippen LogP contribution < -0.4 is 10.5 Å². The monoisotopic (exact) mass is 444 g/mol. The molecule has 0 radical (unpaired) electrons. The molecule has 33 heavy (non-hydrogen) atoms. The maximum Gasteiger partial charge on any atom is 0.261 e. The first-order valence-corrected chi connectivity index (χ1v) is 11.3. The Morgan fingerprint density at radius 2 is 1.82 bits per heavy atom. The summed E-state index contributed by atoms with van der Waals surface area (Å²) in [6.45, 7) is 3.92. The Balaban J connectivity index is 1.57. The van der Waals surface area contributed by atoms with Crippen molar-refractivity contribution >= 4 is 28.4 Å². The van der Waals surface area contributed by atoms with Gasteiger partial charge in [0.1, 0.15) is 23.9 Å². The Labute approximate surface area is 190 Å². The molecule has 2 amide bonds. The van der Waals surface area contributed by atoms with Crippen LogP contribution in [0.4, 0.5) is 5.69 Å². The van der Waals surface area contributed by atoms with Crippen LogP contribution in [0.3, 0.4) is 0 Å². The summed E-state index contributed by atoms with van der Waals surface area (Å²) in [5.74, 6) is -0.623. The van der Waals surface area contributed by atoms with E-state index in [2.05, 4.69) is 4.98 Å². The van der Waals surface area contributed by atoms with Gasteiger partial charge in [0, 0.05) is 12.0 Å². The number of rotatable bonds is 3. The Morgan fingerprint density at radius 1 is 1.09 bits per heavy atom. The first-order chi connectivity index (χ1) is 15.9. The molecule has 0 spiro atoms. The number of aliphatic hydroxyl groups is 1. The van der Waals surface area contributed by atoms with Crippen LogP contribution in [0, 0.1) is 5.92 Å². The Bertz CT molecular complexity index is 1380. The molecule has 5 atom stereocenters. The van der Waals surface area contributed by atoms with Crippen molar-refractivity contribution < 1.29 is 14.7 Å². The van der Waals surface area contributed by atoms with Crippen LogP contribution in [0.1, 0.15) is 38.3 Å².